The number of carbonyl (C=O) groups is 1. The first-order chi connectivity index (χ1) is 9.38. The minimum absolute atomic E-state index is 0.113. The molecule has 2 aromatic rings. The summed E-state index contributed by atoms with van der Waals surface area (Å²) in [6, 6.07) is 8.36. The van der Waals surface area contributed by atoms with Crippen LogP contribution >= 0.6 is 27.5 Å². The molecule has 0 heterocycles. The molecule has 2 aromatic carbocycles. The molecule has 104 valence electrons. The quantitative estimate of drug-likeness (QED) is 0.822. The van der Waals surface area contributed by atoms with Gasteiger partial charge in [0, 0.05) is 9.50 Å². The van der Waals surface area contributed by atoms with E-state index in [0.717, 1.165) is 15.6 Å². The van der Waals surface area contributed by atoms with Gasteiger partial charge >= 0.3 is 5.97 Å². The first-order valence-electron chi connectivity index (χ1n) is 5.86. The molecule has 1 N–H and O–H groups in total. The molecule has 0 aliphatic rings. The molecule has 0 bridgehead atoms. The molecule has 2 rings (SSSR count). The van der Waals surface area contributed by atoms with Crippen molar-refractivity contribution < 1.29 is 14.6 Å². The maximum Gasteiger partial charge on any atom is 0.339 e. The number of ether oxygens (including phenoxy) is 1. The third-order valence-corrected chi connectivity index (χ3v) is 3.52. The predicted octanol–water partition coefficient (Wildman–Crippen LogP) is 5.21. The number of hydrogen-bond acceptors (Lipinski definition) is 2. The molecule has 3 nitrogen and oxygen atoms in total. The Morgan fingerprint density at radius 3 is 2.35 bits per heavy atom. The van der Waals surface area contributed by atoms with Crippen molar-refractivity contribution in [2.75, 3.05) is 0 Å². The van der Waals surface area contributed by atoms with Gasteiger partial charge in [-0.25, -0.2) is 4.79 Å². The zero-order valence-electron chi connectivity index (χ0n) is 10.9. The Morgan fingerprint density at radius 1 is 1.20 bits per heavy atom. The van der Waals surface area contributed by atoms with Crippen LogP contribution in [0.5, 0.6) is 11.5 Å². The number of rotatable bonds is 3. The standard InChI is InChI=1S/C15H12BrClO3/c1-8-5-11(17)6-9(2)14(8)20-13-7-10(16)3-4-12(13)15(18)19/h3-7H,1-2H3,(H,18,19). The number of benzene rings is 2. The average molecular weight is 356 g/mol. The SMILES string of the molecule is Cc1cc(Cl)cc(C)c1Oc1cc(Br)ccc1C(=O)O. The van der Waals surface area contributed by atoms with Crippen molar-refractivity contribution in [1.29, 1.82) is 0 Å². The molecule has 20 heavy (non-hydrogen) atoms. The lowest BCUT2D eigenvalue weighted by molar-refractivity contribution is 0.0694. The van der Waals surface area contributed by atoms with E-state index in [1.165, 1.54) is 6.07 Å². The van der Waals surface area contributed by atoms with Gasteiger partial charge in [-0.1, -0.05) is 27.5 Å². The van der Waals surface area contributed by atoms with Crippen LogP contribution in [-0.2, 0) is 0 Å². The summed E-state index contributed by atoms with van der Waals surface area (Å²) in [7, 11) is 0. The second kappa shape index (κ2) is 5.85. The smallest absolute Gasteiger partial charge is 0.339 e. The fraction of sp³-hybridized carbons (Fsp3) is 0.133. The largest absolute Gasteiger partial charge is 0.478 e. The molecular weight excluding hydrogens is 344 g/mol. The molecule has 0 aliphatic carbocycles. The third-order valence-electron chi connectivity index (χ3n) is 2.81. The summed E-state index contributed by atoms with van der Waals surface area (Å²) in [6.07, 6.45) is 0. The van der Waals surface area contributed by atoms with Crippen LogP contribution in [0.1, 0.15) is 21.5 Å². The van der Waals surface area contributed by atoms with Crippen LogP contribution in [0.15, 0.2) is 34.8 Å². The molecule has 0 radical (unpaired) electrons. The van der Waals surface area contributed by atoms with Gasteiger partial charge in [0.1, 0.15) is 17.1 Å². The van der Waals surface area contributed by atoms with Gasteiger partial charge in [0.2, 0.25) is 0 Å². The summed E-state index contributed by atoms with van der Waals surface area (Å²) in [5, 5.41) is 9.83. The molecule has 0 amide bonds. The number of aryl methyl sites for hydroxylation is 2. The Balaban J connectivity index is 2.50. The summed E-state index contributed by atoms with van der Waals surface area (Å²) in [4.78, 5) is 11.2. The van der Waals surface area contributed by atoms with Gasteiger partial charge in [-0.2, -0.15) is 0 Å². The highest BCUT2D eigenvalue weighted by molar-refractivity contribution is 9.10. The van der Waals surface area contributed by atoms with Crippen molar-refractivity contribution in [3.8, 4) is 11.5 Å². The molecule has 0 unspecified atom stereocenters. The van der Waals surface area contributed by atoms with Gasteiger partial charge in [-0.3, -0.25) is 0 Å². The number of aromatic carboxylic acids is 1. The molecule has 0 aliphatic heterocycles. The van der Waals surface area contributed by atoms with Crippen LogP contribution in [0, 0.1) is 13.8 Å². The van der Waals surface area contributed by atoms with Crippen LogP contribution in [0.25, 0.3) is 0 Å². The highest BCUT2D eigenvalue weighted by atomic mass is 79.9. The molecule has 0 spiro atoms. The second-order valence-electron chi connectivity index (χ2n) is 4.42. The summed E-state index contributed by atoms with van der Waals surface area (Å²) in [6.45, 7) is 3.74. The summed E-state index contributed by atoms with van der Waals surface area (Å²) >= 11 is 9.29. The Bertz CT molecular complexity index is 660. The van der Waals surface area contributed by atoms with Crippen molar-refractivity contribution in [3.63, 3.8) is 0 Å². The summed E-state index contributed by atoms with van der Waals surface area (Å²) < 4.78 is 6.55. The zero-order chi connectivity index (χ0) is 14.9. The number of carboxylic acids is 1. The van der Waals surface area contributed by atoms with Gasteiger partial charge in [0.15, 0.2) is 0 Å². The minimum Gasteiger partial charge on any atom is -0.478 e. The lowest BCUT2D eigenvalue weighted by Gasteiger charge is -2.14. The predicted molar refractivity (Wildman–Crippen MR) is 82.1 cm³/mol. The number of hydrogen-bond donors (Lipinski definition) is 1. The lowest BCUT2D eigenvalue weighted by Crippen LogP contribution is -2.01. The van der Waals surface area contributed by atoms with E-state index in [4.69, 9.17) is 16.3 Å². The lowest BCUT2D eigenvalue weighted by atomic mass is 10.1. The minimum atomic E-state index is -1.03. The average Bonchev–Trinajstić information content (AvgIpc) is 2.33. The molecule has 0 atom stereocenters. The molecule has 0 aromatic heterocycles. The van der Waals surface area contributed by atoms with E-state index in [-0.39, 0.29) is 5.56 Å². The van der Waals surface area contributed by atoms with E-state index in [9.17, 15) is 9.90 Å². The van der Waals surface area contributed by atoms with E-state index in [1.54, 1.807) is 24.3 Å². The zero-order valence-corrected chi connectivity index (χ0v) is 13.2. The van der Waals surface area contributed by atoms with Gasteiger partial charge in [0.25, 0.3) is 0 Å². The highest BCUT2D eigenvalue weighted by Crippen LogP contribution is 2.34. The molecule has 5 heteroatoms. The van der Waals surface area contributed by atoms with Crippen LogP contribution in [0.2, 0.25) is 5.02 Å². The first kappa shape index (κ1) is 14.9. The second-order valence-corrected chi connectivity index (χ2v) is 5.77. The summed E-state index contributed by atoms with van der Waals surface area (Å²) in [5.74, 6) is -0.118. The van der Waals surface area contributed by atoms with Crippen LogP contribution in [0.4, 0.5) is 0 Å². The number of halogens is 2. The Labute approximate surface area is 130 Å². The van der Waals surface area contributed by atoms with Crippen molar-refractivity contribution in [3.05, 3.63) is 56.5 Å². The van der Waals surface area contributed by atoms with Crippen molar-refractivity contribution in [2.45, 2.75) is 13.8 Å². The monoisotopic (exact) mass is 354 g/mol. The van der Waals surface area contributed by atoms with E-state index in [0.29, 0.717) is 16.5 Å². The molecule has 0 saturated heterocycles. The van der Waals surface area contributed by atoms with Crippen molar-refractivity contribution >= 4 is 33.5 Å². The Hall–Kier alpha value is -1.52. The fourth-order valence-electron chi connectivity index (χ4n) is 1.93. The van der Waals surface area contributed by atoms with E-state index >= 15 is 0 Å². The van der Waals surface area contributed by atoms with Gasteiger partial charge in [-0.05, 0) is 55.3 Å². The maximum atomic E-state index is 11.2. The first-order valence-corrected chi connectivity index (χ1v) is 7.03. The highest BCUT2D eigenvalue weighted by Gasteiger charge is 2.15. The summed E-state index contributed by atoms with van der Waals surface area (Å²) in [5.41, 5.74) is 1.82. The topological polar surface area (TPSA) is 46.5 Å². The number of carboxylic acid groups (broad SMARTS) is 1. The third kappa shape index (κ3) is 3.14. The Kier molecular flexibility index (Phi) is 4.35. The van der Waals surface area contributed by atoms with E-state index in [1.807, 2.05) is 13.8 Å². The van der Waals surface area contributed by atoms with Crippen molar-refractivity contribution in [2.24, 2.45) is 0 Å². The van der Waals surface area contributed by atoms with Crippen LogP contribution < -0.4 is 4.74 Å². The van der Waals surface area contributed by atoms with Crippen LogP contribution in [0.3, 0.4) is 0 Å². The molecule has 0 fully saturated rings. The van der Waals surface area contributed by atoms with E-state index in [2.05, 4.69) is 15.9 Å². The van der Waals surface area contributed by atoms with Crippen molar-refractivity contribution in [1.82, 2.24) is 0 Å². The Morgan fingerprint density at radius 2 is 1.80 bits per heavy atom. The fourth-order valence-corrected chi connectivity index (χ4v) is 2.59. The van der Waals surface area contributed by atoms with Gasteiger partial charge in [0.05, 0.1) is 0 Å². The molecular formula is C15H12BrClO3. The van der Waals surface area contributed by atoms with E-state index < -0.39 is 5.97 Å². The normalized spacial score (nSPS) is 10.4. The molecule has 0 saturated carbocycles. The van der Waals surface area contributed by atoms with Gasteiger partial charge in [-0.15, -0.1) is 0 Å². The van der Waals surface area contributed by atoms with Gasteiger partial charge < -0.3 is 9.84 Å². The van der Waals surface area contributed by atoms with Crippen LogP contribution in [-0.4, -0.2) is 11.1 Å². The maximum absolute atomic E-state index is 11.2.